The summed E-state index contributed by atoms with van der Waals surface area (Å²) in [6, 6.07) is 8.89. The third kappa shape index (κ3) is 1.71. The van der Waals surface area contributed by atoms with Crippen LogP contribution in [0.2, 0.25) is 0 Å². The van der Waals surface area contributed by atoms with Crippen LogP contribution in [0.5, 0.6) is 0 Å². The number of hydrogen-bond acceptors (Lipinski definition) is 2. The predicted molar refractivity (Wildman–Crippen MR) is 55.0 cm³/mol. The van der Waals surface area contributed by atoms with Gasteiger partial charge in [0.25, 0.3) is 0 Å². The van der Waals surface area contributed by atoms with E-state index in [-0.39, 0.29) is 5.56 Å². The maximum Gasteiger partial charge on any atom is 0.248 e. The second kappa shape index (κ2) is 3.46. The summed E-state index contributed by atoms with van der Waals surface area (Å²) in [4.78, 5) is 18.0. The fourth-order valence-electron chi connectivity index (χ4n) is 1.22. The van der Waals surface area contributed by atoms with E-state index in [4.69, 9.17) is 0 Å². The molecule has 0 saturated carbocycles. The molecular weight excluding hydrogens is 176 g/mol. The first kappa shape index (κ1) is 8.69. The van der Waals surface area contributed by atoms with Gasteiger partial charge in [0, 0.05) is 12.3 Å². The van der Waals surface area contributed by atoms with Gasteiger partial charge < -0.3 is 4.98 Å². The highest BCUT2D eigenvalue weighted by molar-refractivity contribution is 5.53. The van der Waals surface area contributed by atoms with Gasteiger partial charge in [0.2, 0.25) is 5.56 Å². The number of nitrogens with one attached hydrogen (secondary N) is 1. The number of aromatic amines is 1. The monoisotopic (exact) mass is 186 g/mol. The zero-order valence-corrected chi connectivity index (χ0v) is 7.82. The van der Waals surface area contributed by atoms with Crippen molar-refractivity contribution in [3.05, 3.63) is 52.4 Å². The molecule has 0 aromatic carbocycles. The zero-order chi connectivity index (χ0) is 9.97. The summed E-state index contributed by atoms with van der Waals surface area (Å²) >= 11 is 0. The number of hydrogen-bond donors (Lipinski definition) is 1. The van der Waals surface area contributed by atoms with Crippen molar-refractivity contribution in [2.24, 2.45) is 0 Å². The molecule has 1 N–H and O–H groups in total. The summed E-state index contributed by atoms with van der Waals surface area (Å²) in [7, 11) is 0. The van der Waals surface area contributed by atoms with Crippen molar-refractivity contribution >= 4 is 0 Å². The first-order chi connectivity index (χ1) is 6.75. The molecule has 2 heterocycles. The van der Waals surface area contributed by atoms with E-state index in [0.717, 1.165) is 17.0 Å². The Morgan fingerprint density at radius 3 is 2.71 bits per heavy atom. The number of pyridine rings is 2. The second-order valence-corrected chi connectivity index (χ2v) is 3.15. The molecule has 0 amide bonds. The summed E-state index contributed by atoms with van der Waals surface area (Å²) < 4.78 is 0. The van der Waals surface area contributed by atoms with Crippen molar-refractivity contribution in [2.45, 2.75) is 6.92 Å². The van der Waals surface area contributed by atoms with Crippen LogP contribution >= 0.6 is 0 Å². The Bertz CT molecular complexity index is 485. The lowest BCUT2D eigenvalue weighted by Gasteiger charge is -1.99. The molecular formula is C11H10N2O. The Morgan fingerprint density at radius 2 is 2.07 bits per heavy atom. The van der Waals surface area contributed by atoms with Gasteiger partial charge in [-0.25, -0.2) is 0 Å². The van der Waals surface area contributed by atoms with Gasteiger partial charge in [0.05, 0.1) is 11.4 Å². The van der Waals surface area contributed by atoms with E-state index in [1.54, 1.807) is 12.3 Å². The van der Waals surface area contributed by atoms with Gasteiger partial charge in [-0.05, 0) is 24.6 Å². The van der Waals surface area contributed by atoms with E-state index in [0.29, 0.717) is 0 Å². The highest BCUT2D eigenvalue weighted by atomic mass is 16.1. The number of H-pyrrole nitrogens is 1. The van der Waals surface area contributed by atoms with Crippen LogP contribution in [0.15, 0.2) is 41.3 Å². The van der Waals surface area contributed by atoms with E-state index in [1.165, 1.54) is 6.07 Å². The Morgan fingerprint density at radius 1 is 1.21 bits per heavy atom. The van der Waals surface area contributed by atoms with E-state index in [2.05, 4.69) is 9.97 Å². The minimum absolute atomic E-state index is 0.107. The highest BCUT2D eigenvalue weighted by Crippen LogP contribution is 2.11. The summed E-state index contributed by atoms with van der Waals surface area (Å²) in [5.41, 5.74) is 2.53. The molecule has 0 aliphatic carbocycles. The van der Waals surface area contributed by atoms with Crippen molar-refractivity contribution in [2.75, 3.05) is 0 Å². The van der Waals surface area contributed by atoms with E-state index in [9.17, 15) is 4.79 Å². The van der Waals surface area contributed by atoms with Crippen LogP contribution in [-0.2, 0) is 0 Å². The Hall–Kier alpha value is -1.90. The highest BCUT2D eigenvalue weighted by Gasteiger charge is 1.97. The normalized spacial score (nSPS) is 10.1. The van der Waals surface area contributed by atoms with Crippen LogP contribution in [0.1, 0.15) is 5.56 Å². The smallest absolute Gasteiger partial charge is 0.248 e. The maximum atomic E-state index is 11.0. The van der Waals surface area contributed by atoms with Gasteiger partial charge >= 0.3 is 0 Å². The van der Waals surface area contributed by atoms with Gasteiger partial charge in [-0.1, -0.05) is 12.1 Å². The van der Waals surface area contributed by atoms with Gasteiger partial charge in [0.1, 0.15) is 0 Å². The largest absolute Gasteiger partial charge is 0.321 e. The second-order valence-electron chi connectivity index (χ2n) is 3.15. The topological polar surface area (TPSA) is 45.8 Å². The SMILES string of the molecule is Cc1ccc(-c2cccc(=O)[nH]2)nc1. The van der Waals surface area contributed by atoms with Crippen LogP contribution in [0.25, 0.3) is 11.4 Å². The van der Waals surface area contributed by atoms with Crippen LogP contribution in [-0.4, -0.2) is 9.97 Å². The fourth-order valence-corrected chi connectivity index (χ4v) is 1.22. The molecule has 0 bridgehead atoms. The summed E-state index contributed by atoms with van der Waals surface area (Å²) in [5, 5.41) is 0. The average molecular weight is 186 g/mol. The maximum absolute atomic E-state index is 11.0. The van der Waals surface area contributed by atoms with E-state index >= 15 is 0 Å². The molecule has 0 radical (unpaired) electrons. The van der Waals surface area contributed by atoms with Gasteiger partial charge in [0.15, 0.2) is 0 Å². The molecule has 2 aromatic heterocycles. The quantitative estimate of drug-likeness (QED) is 0.737. The first-order valence-corrected chi connectivity index (χ1v) is 4.38. The molecule has 0 unspecified atom stereocenters. The number of nitrogens with zero attached hydrogens (tertiary/aromatic N) is 1. The third-order valence-electron chi connectivity index (χ3n) is 1.96. The molecule has 0 atom stereocenters. The molecule has 14 heavy (non-hydrogen) atoms. The number of aromatic nitrogens is 2. The van der Waals surface area contributed by atoms with Gasteiger partial charge in [-0.2, -0.15) is 0 Å². The summed E-state index contributed by atoms with van der Waals surface area (Å²) in [6.07, 6.45) is 1.78. The Labute approximate surface area is 81.5 Å². The molecule has 0 aliphatic heterocycles. The Balaban J connectivity index is 2.50. The first-order valence-electron chi connectivity index (χ1n) is 4.38. The molecule has 0 fully saturated rings. The molecule has 70 valence electrons. The third-order valence-corrected chi connectivity index (χ3v) is 1.96. The fraction of sp³-hybridized carbons (Fsp3) is 0.0909. The lowest BCUT2D eigenvalue weighted by atomic mass is 10.2. The molecule has 2 aromatic rings. The van der Waals surface area contributed by atoms with Crippen molar-refractivity contribution in [1.29, 1.82) is 0 Å². The van der Waals surface area contributed by atoms with Crippen LogP contribution in [0.3, 0.4) is 0 Å². The van der Waals surface area contributed by atoms with Crippen LogP contribution < -0.4 is 5.56 Å². The number of aryl methyl sites for hydroxylation is 1. The molecule has 0 aliphatic rings. The minimum Gasteiger partial charge on any atom is -0.321 e. The summed E-state index contributed by atoms with van der Waals surface area (Å²) in [6.45, 7) is 1.98. The molecule has 2 rings (SSSR count). The molecule has 0 spiro atoms. The van der Waals surface area contributed by atoms with E-state index in [1.807, 2.05) is 25.1 Å². The summed E-state index contributed by atoms with van der Waals surface area (Å²) in [5.74, 6) is 0. The predicted octanol–water partition coefficient (Wildman–Crippen LogP) is 1.75. The molecule has 3 nitrogen and oxygen atoms in total. The van der Waals surface area contributed by atoms with Crippen LogP contribution in [0.4, 0.5) is 0 Å². The van der Waals surface area contributed by atoms with Crippen molar-refractivity contribution < 1.29 is 0 Å². The van der Waals surface area contributed by atoms with Gasteiger partial charge in [-0.15, -0.1) is 0 Å². The van der Waals surface area contributed by atoms with E-state index < -0.39 is 0 Å². The minimum atomic E-state index is -0.107. The van der Waals surface area contributed by atoms with Crippen molar-refractivity contribution in [1.82, 2.24) is 9.97 Å². The number of rotatable bonds is 1. The Kier molecular flexibility index (Phi) is 2.14. The van der Waals surface area contributed by atoms with Crippen molar-refractivity contribution in [3.8, 4) is 11.4 Å². The van der Waals surface area contributed by atoms with Crippen molar-refractivity contribution in [3.63, 3.8) is 0 Å². The average Bonchev–Trinajstić information content (AvgIpc) is 2.19. The molecule has 3 heteroatoms. The lowest BCUT2D eigenvalue weighted by molar-refractivity contribution is 1.19. The lowest BCUT2D eigenvalue weighted by Crippen LogP contribution is -2.03. The zero-order valence-electron chi connectivity index (χ0n) is 7.82. The standard InChI is InChI=1S/C11H10N2O/c1-8-5-6-9(12-7-8)10-3-2-4-11(14)13-10/h2-7H,1H3,(H,13,14). The van der Waals surface area contributed by atoms with Gasteiger partial charge in [-0.3, -0.25) is 9.78 Å². The molecule has 0 saturated heterocycles. The van der Waals surface area contributed by atoms with Crippen LogP contribution in [0, 0.1) is 6.92 Å².